The summed E-state index contributed by atoms with van der Waals surface area (Å²) in [5.74, 6) is 0.171. The number of carbonyl (C=O) groups is 1. The Morgan fingerprint density at radius 2 is 2.25 bits per heavy atom. The van der Waals surface area contributed by atoms with Crippen LogP contribution in [0, 0.1) is 6.92 Å². The maximum atomic E-state index is 11.3. The lowest BCUT2D eigenvalue weighted by molar-refractivity contribution is -0.128. The number of anilines is 1. The summed E-state index contributed by atoms with van der Waals surface area (Å²) in [4.78, 5) is 12.9. The van der Waals surface area contributed by atoms with E-state index in [-0.39, 0.29) is 5.91 Å². The van der Waals surface area contributed by atoms with Gasteiger partial charge in [0.25, 0.3) is 0 Å². The van der Waals surface area contributed by atoms with E-state index >= 15 is 0 Å². The van der Waals surface area contributed by atoms with Crippen molar-refractivity contribution < 1.29 is 4.79 Å². The van der Waals surface area contributed by atoms with Gasteiger partial charge < -0.3 is 10.2 Å². The zero-order chi connectivity index (χ0) is 12.1. The Labute approximate surface area is 96.4 Å². The number of aryl methyl sites for hydroxylation is 2. The fourth-order valence-electron chi connectivity index (χ4n) is 1.46. The van der Waals surface area contributed by atoms with Crippen LogP contribution in [-0.4, -0.2) is 41.2 Å². The molecule has 1 aromatic heterocycles. The second-order valence-corrected chi connectivity index (χ2v) is 4.12. The molecule has 0 bridgehead atoms. The van der Waals surface area contributed by atoms with Gasteiger partial charge in [-0.3, -0.25) is 9.48 Å². The lowest BCUT2D eigenvalue weighted by Gasteiger charge is -2.10. The summed E-state index contributed by atoms with van der Waals surface area (Å²) in [6, 6.07) is 0. The van der Waals surface area contributed by atoms with Gasteiger partial charge in [-0.15, -0.1) is 0 Å². The Hall–Kier alpha value is -1.52. The molecule has 1 N–H and O–H groups in total. The highest BCUT2D eigenvalue weighted by Gasteiger charge is 2.04. The van der Waals surface area contributed by atoms with Crippen molar-refractivity contribution in [1.29, 1.82) is 0 Å². The summed E-state index contributed by atoms with van der Waals surface area (Å²) in [5.41, 5.74) is 2.03. The van der Waals surface area contributed by atoms with Crippen molar-refractivity contribution in [3.05, 3.63) is 11.9 Å². The summed E-state index contributed by atoms with van der Waals surface area (Å²) in [6.45, 7) is 2.76. The van der Waals surface area contributed by atoms with Crippen molar-refractivity contribution in [2.24, 2.45) is 7.05 Å². The molecule has 90 valence electrons. The summed E-state index contributed by atoms with van der Waals surface area (Å²) in [6.07, 6.45) is 3.37. The maximum Gasteiger partial charge on any atom is 0.222 e. The quantitative estimate of drug-likeness (QED) is 0.759. The Morgan fingerprint density at radius 1 is 1.56 bits per heavy atom. The molecular formula is C11H20N4O. The zero-order valence-electron chi connectivity index (χ0n) is 10.4. The lowest BCUT2D eigenvalue weighted by Crippen LogP contribution is -2.22. The van der Waals surface area contributed by atoms with Gasteiger partial charge in [-0.05, 0) is 13.3 Å². The molecule has 0 aliphatic rings. The molecule has 0 aliphatic carbocycles. The number of carbonyl (C=O) groups excluding carboxylic acids is 1. The molecule has 0 unspecified atom stereocenters. The molecule has 0 fully saturated rings. The van der Waals surface area contributed by atoms with E-state index in [0.717, 1.165) is 24.3 Å². The number of aromatic nitrogens is 2. The Balaban J connectivity index is 2.26. The molecule has 0 saturated heterocycles. The first kappa shape index (κ1) is 12.5. The van der Waals surface area contributed by atoms with Crippen molar-refractivity contribution in [1.82, 2.24) is 14.7 Å². The van der Waals surface area contributed by atoms with Crippen molar-refractivity contribution in [2.75, 3.05) is 26.0 Å². The molecule has 1 aromatic rings. The Kier molecular flexibility index (Phi) is 4.34. The molecule has 16 heavy (non-hydrogen) atoms. The first-order valence-electron chi connectivity index (χ1n) is 5.45. The van der Waals surface area contributed by atoms with Gasteiger partial charge in [-0.2, -0.15) is 5.10 Å². The normalized spacial score (nSPS) is 10.2. The van der Waals surface area contributed by atoms with E-state index in [9.17, 15) is 4.79 Å². The van der Waals surface area contributed by atoms with Crippen LogP contribution in [0.15, 0.2) is 6.20 Å². The number of nitrogens with zero attached hydrogens (tertiary/aromatic N) is 3. The van der Waals surface area contributed by atoms with Crippen LogP contribution in [0.5, 0.6) is 0 Å². The second-order valence-electron chi connectivity index (χ2n) is 4.12. The summed E-state index contributed by atoms with van der Waals surface area (Å²) < 4.78 is 1.78. The van der Waals surface area contributed by atoms with E-state index in [4.69, 9.17) is 0 Å². The third-order valence-electron chi connectivity index (χ3n) is 2.40. The standard InChI is InChI=1S/C11H20N4O/c1-9-10(8-15(4)13-9)12-7-5-6-11(16)14(2)3/h8,12H,5-7H2,1-4H3. The van der Waals surface area contributed by atoms with Gasteiger partial charge in [-0.25, -0.2) is 0 Å². The Morgan fingerprint density at radius 3 is 2.75 bits per heavy atom. The number of nitrogens with one attached hydrogen (secondary N) is 1. The van der Waals surface area contributed by atoms with Crippen LogP contribution in [0.25, 0.3) is 0 Å². The highest BCUT2D eigenvalue weighted by molar-refractivity contribution is 5.75. The summed E-state index contributed by atoms with van der Waals surface area (Å²) in [5, 5.41) is 7.51. The van der Waals surface area contributed by atoms with Crippen molar-refractivity contribution in [3.63, 3.8) is 0 Å². The van der Waals surface area contributed by atoms with Crippen LogP contribution < -0.4 is 5.32 Å². The van der Waals surface area contributed by atoms with Gasteiger partial charge in [0.05, 0.1) is 11.4 Å². The minimum absolute atomic E-state index is 0.171. The van der Waals surface area contributed by atoms with Gasteiger partial charge in [0, 0.05) is 40.3 Å². The molecule has 0 aromatic carbocycles. The first-order chi connectivity index (χ1) is 7.50. The molecule has 1 rings (SSSR count). The van der Waals surface area contributed by atoms with E-state index in [1.807, 2.05) is 20.2 Å². The predicted molar refractivity (Wildman–Crippen MR) is 64.4 cm³/mol. The topological polar surface area (TPSA) is 50.2 Å². The monoisotopic (exact) mass is 224 g/mol. The number of hydrogen-bond acceptors (Lipinski definition) is 3. The SMILES string of the molecule is Cc1nn(C)cc1NCCCC(=O)N(C)C. The van der Waals surface area contributed by atoms with Crippen molar-refractivity contribution in [2.45, 2.75) is 19.8 Å². The molecule has 0 saturated carbocycles. The van der Waals surface area contributed by atoms with Crippen LogP contribution in [0.2, 0.25) is 0 Å². The molecular weight excluding hydrogens is 204 g/mol. The highest BCUT2D eigenvalue weighted by Crippen LogP contribution is 2.11. The molecule has 5 heteroatoms. The number of amides is 1. The van der Waals surface area contributed by atoms with E-state index < -0.39 is 0 Å². The third kappa shape index (κ3) is 3.56. The van der Waals surface area contributed by atoms with E-state index in [1.165, 1.54) is 0 Å². The van der Waals surface area contributed by atoms with E-state index in [1.54, 1.807) is 23.7 Å². The predicted octanol–water partition coefficient (Wildman–Crippen LogP) is 1.01. The summed E-state index contributed by atoms with van der Waals surface area (Å²) in [7, 11) is 5.45. The Bertz CT molecular complexity index is 357. The number of rotatable bonds is 5. The van der Waals surface area contributed by atoms with Crippen LogP contribution >= 0.6 is 0 Å². The second kappa shape index (κ2) is 5.53. The maximum absolute atomic E-state index is 11.3. The minimum Gasteiger partial charge on any atom is -0.382 e. The minimum atomic E-state index is 0.171. The molecule has 5 nitrogen and oxygen atoms in total. The van der Waals surface area contributed by atoms with Crippen molar-refractivity contribution in [3.8, 4) is 0 Å². The van der Waals surface area contributed by atoms with E-state index in [2.05, 4.69) is 10.4 Å². The van der Waals surface area contributed by atoms with Gasteiger partial charge in [0.15, 0.2) is 0 Å². The molecule has 0 radical (unpaired) electrons. The van der Waals surface area contributed by atoms with Gasteiger partial charge in [-0.1, -0.05) is 0 Å². The smallest absolute Gasteiger partial charge is 0.222 e. The van der Waals surface area contributed by atoms with Crippen LogP contribution in [0.3, 0.4) is 0 Å². The number of hydrogen-bond donors (Lipinski definition) is 1. The molecule has 1 heterocycles. The van der Waals surface area contributed by atoms with Crippen LogP contribution in [0.4, 0.5) is 5.69 Å². The van der Waals surface area contributed by atoms with Crippen LogP contribution in [-0.2, 0) is 11.8 Å². The fourth-order valence-corrected chi connectivity index (χ4v) is 1.46. The first-order valence-corrected chi connectivity index (χ1v) is 5.45. The molecule has 0 spiro atoms. The van der Waals surface area contributed by atoms with Gasteiger partial charge in [0.1, 0.15) is 0 Å². The van der Waals surface area contributed by atoms with E-state index in [0.29, 0.717) is 6.42 Å². The fraction of sp³-hybridized carbons (Fsp3) is 0.636. The molecule has 0 atom stereocenters. The van der Waals surface area contributed by atoms with Gasteiger partial charge >= 0.3 is 0 Å². The van der Waals surface area contributed by atoms with Gasteiger partial charge in [0.2, 0.25) is 5.91 Å². The average molecular weight is 224 g/mol. The largest absolute Gasteiger partial charge is 0.382 e. The zero-order valence-corrected chi connectivity index (χ0v) is 10.4. The lowest BCUT2D eigenvalue weighted by atomic mass is 10.3. The highest BCUT2D eigenvalue weighted by atomic mass is 16.2. The van der Waals surface area contributed by atoms with Crippen LogP contribution in [0.1, 0.15) is 18.5 Å². The van der Waals surface area contributed by atoms with Crippen molar-refractivity contribution >= 4 is 11.6 Å². The molecule has 1 amide bonds. The molecule has 0 aliphatic heterocycles. The average Bonchev–Trinajstić information content (AvgIpc) is 2.51. The third-order valence-corrected chi connectivity index (χ3v) is 2.40. The summed E-state index contributed by atoms with van der Waals surface area (Å²) >= 11 is 0.